The number of nitrogens with two attached hydrogens (primary N) is 1. The highest BCUT2D eigenvalue weighted by atomic mass is 16.1. The minimum absolute atomic E-state index is 0.0355. The van der Waals surface area contributed by atoms with Crippen molar-refractivity contribution < 1.29 is 4.79 Å². The second-order valence-electron chi connectivity index (χ2n) is 4.63. The molecule has 2 rings (SSSR count). The van der Waals surface area contributed by atoms with Gasteiger partial charge in [0.1, 0.15) is 5.69 Å². The lowest BCUT2D eigenvalue weighted by molar-refractivity contribution is 0.0942. The number of nitrogens with one attached hydrogen (secondary N) is 1. The summed E-state index contributed by atoms with van der Waals surface area (Å²) >= 11 is 0. The molecule has 1 aromatic rings. The number of hydrogen-bond acceptors (Lipinski definition) is 2. The molecule has 4 nitrogen and oxygen atoms in total. The predicted octanol–water partition coefficient (Wildman–Crippen LogP) is 0.801. The monoisotopic (exact) mass is 221 g/mol. The third-order valence-corrected chi connectivity index (χ3v) is 3.33. The summed E-state index contributed by atoms with van der Waals surface area (Å²) in [5.41, 5.74) is 7.70. The first-order chi connectivity index (χ1) is 7.59. The quantitative estimate of drug-likeness (QED) is 0.790. The molecule has 0 aliphatic heterocycles. The van der Waals surface area contributed by atoms with Crippen molar-refractivity contribution >= 4 is 5.91 Å². The van der Waals surface area contributed by atoms with Gasteiger partial charge in [-0.1, -0.05) is 0 Å². The first-order valence-corrected chi connectivity index (χ1v) is 5.75. The van der Waals surface area contributed by atoms with E-state index in [0.717, 1.165) is 5.69 Å². The van der Waals surface area contributed by atoms with Crippen LogP contribution < -0.4 is 11.1 Å². The fraction of sp³-hybridized carbons (Fsp3) is 0.583. The maximum atomic E-state index is 11.8. The highest BCUT2D eigenvalue weighted by Crippen LogP contribution is 2.31. The average molecular weight is 221 g/mol. The van der Waals surface area contributed by atoms with Crippen molar-refractivity contribution in [2.45, 2.75) is 25.8 Å². The Morgan fingerprint density at radius 3 is 2.81 bits per heavy atom. The maximum Gasteiger partial charge on any atom is 0.267 e. The van der Waals surface area contributed by atoms with E-state index in [9.17, 15) is 4.79 Å². The summed E-state index contributed by atoms with van der Waals surface area (Å²) in [6.07, 6.45) is 2.42. The molecule has 16 heavy (non-hydrogen) atoms. The number of hydrogen-bond donors (Lipinski definition) is 2. The van der Waals surface area contributed by atoms with Gasteiger partial charge >= 0.3 is 0 Å². The maximum absolute atomic E-state index is 11.8. The van der Waals surface area contributed by atoms with E-state index in [-0.39, 0.29) is 11.9 Å². The Morgan fingerprint density at radius 1 is 1.62 bits per heavy atom. The molecule has 1 saturated carbocycles. The largest absolute Gasteiger partial charge is 0.349 e. The van der Waals surface area contributed by atoms with Crippen LogP contribution in [-0.4, -0.2) is 23.1 Å². The van der Waals surface area contributed by atoms with Crippen LogP contribution in [0.1, 0.15) is 29.0 Å². The lowest BCUT2D eigenvalue weighted by Gasteiger charge is -2.12. The Bertz CT molecular complexity index is 393. The van der Waals surface area contributed by atoms with E-state index in [1.165, 1.54) is 12.8 Å². The topological polar surface area (TPSA) is 60.1 Å². The molecule has 1 unspecified atom stereocenters. The molecule has 0 radical (unpaired) electrons. The summed E-state index contributed by atoms with van der Waals surface area (Å²) in [4.78, 5) is 11.8. The van der Waals surface area contributed by atoms with Gasteiger partial charge in [0.15, 0.2) is 0 Å². The molecule has 1 aliphatic rings. The fourth-order valence-electron chi connectivity index (χ4n) is 1.83. The van der Waals surface area contributed by atoms with Gasteiger partial charge in [-0.15, -0.1) is 0 Å². The Labute approximate surface area is 95.8 Å². The van der Waals surface area contributed by atoms with Crippen molar-refractivity contribution in [2.75, 3.05) is 6.54 Å². The van der Waals surface area contributed by atoms with E-state index in [1.54, 1.807) is 0 Å². The highest BCUT2D eigenvalue weighted by molar-refractivity contribution is 5.92. The molecule has 1 aromatic heterocycles. The number of aryl methyl sites for hydroxylation is 1. The molecule has 1 aliphatic carbocycles. The van der Waals surface area contributed by atoms with E-state index < -0.39 is 0 Å². The normalized spacial score (nSPS) is 17.2. The Balaban J connectivity index is 1.90. The Hall–Kier alpha value is -1.29. The van der Waals surface area contributed by atoms with Gasteiger partial charge < -0.3 is 15.6 Å². The van der Waals surface area contributed by atoms with E-state index in [2.05, 4.69) is 5.32 Å². The molecular formula is C12H19N3O. The summed E-state index contributed by atoms with van der Waals surface area (Å²) in [6.45, 7) is 2.56. The molecule has 1 fully saturated rings. The molecule has 4 heteroatoms. The van der Waals surface area contributed by atoms with Crippen molar-refractivity contribution in [1.82, 2.24) is 9.88 Å². The molecule has 1 atom stereocenters. The number of aromatic nitrogens is 1. The van der Waals surface area contributed by atoms with Gasteiger partial charge in [-0.2, -0.15) is 0 Å². The molecule has 1 heterocycles. The third kappa shape index (κ3) is 2.27. The van der Waals surface area contributed by atoms with Gasteiger partial charge in [-0.3, -0.25) is 4.79 Å². The molecule has 0 saturated heterocycles. The number of carbonyl (C=O) groups excluding carboxylic acids is 1. The summed E-state index contributed by atoms with van der Waals surface area (Å²) in [7, 11) is 1.89. The van der Waals surface area contributed by atoms with Crippen LogP contribution in [0, 0.1) is 12.8 Å². The van der Waals surface area contributed by atoms with Gasteiger partial charge in [0.2, 0.25) is 0 Å². The van der Waals surface area contributed by atoms with Crippen LogP contribution in [0.3, 0.4) is 0 Å². The van der Waals surface area contributed by atoms with Crippen LogP contribution in [0.5, 0.6) is 0 Å². The van der Waals surface area contributed by atoms with Crippen molar-refractivity contribution in [2.24, 2.45) is 18.7 Å². The van der Waals surface area contributed by atoms with Crippen LogP contribution in [0.15, 0.2) is 12.1 Å². The van der Waals surface area contributed by atoms with Crippen LogP contribution >= 0.6 is 0 Å². The zero-order valence-corrected chi connectivity index (χ0v) is 9.86. The fourth-order valence-corrected chi connectivity index (χ4v) is 1.83. The number of nitrogens with zero attached hydrogens (tertiary/aromatic N) is 1. The summed E-state index contributed by atoms with van der Waals surface area (Å²) in [5.74, 6) is 0.585. The van der Waals surface area contributed by atoms with E-state index >= 15 is 0 Å². The van der Waals surface area contributed by atoms with E-state index in [1.807, 2.05) is 30.7 Å². The van der Waals surface area contributed by atoms with Gasteiger partial charge in [-0.05, 0) is 37.8 Å². The Kier molecular flexibility index (Phi) is 3.01. The van der Waals surface area contributed by atoms with Crippen molar-refractivity contribution in [3.63, 3.8) is 0 Å². The number of amides is 1. The van der Waals surface area contributed by atoms with Crippen molar-refractivity contribution in [3.8, 4) is 0 Å². The highest BCUT2D eigenvalue weighted by Gasteiger charge is 2.28. The summed E-state index contributed by atoms with van der Waals surface area (Å²) in [6, 6.07) is 3.90. The third-order valence-electron chi connectivity index (χ3n) is 3.33. The predicted molar refractivity (Wildman–Crippen MR) is 63.2 cm³/mol. The minimum Gasteiger partial charge on any atom is -0.349 e. The van der Waals surface area contributed by atoms with Gasteiger partial charge in [-0.25, -0.2) is 0 Å². The molecule has 0 spiro atoms. The smallest absolute Gasteiger partial charge is 0.267 e. The van der Waals surface area contributed by atoms with Crippen LogP contribution in [0.25, 0.3) is 0 Å². The van der Waals surface area contributed by atoms with Crippen LogP contribution in [-0.2, 0) is 7.05 Å². The van der Waals surface area contributed by atoms with E-state index in [0.29, 0.717) is 18.2 Å². The van der Waals surface area contributed by atoms with Gasteiger partial charge in [0.05, 0.1) is 0 Å². The number of rotatable bonds is 4. The summed E-state index contributed by atoms with van der Waals surface area (Å²) < 4.78 is 1.89. The van der Waals surface area contributed by atoms with Crippen molar-refractivity contribution in [1.29, 1.82) is 0 Å². The molecular weight excluding hydrogens is 202 g/mol. The van der Waals surface area contributed by atoms with Crippen LogP contribution in [0.4, 0.5) is 0 Å². The SMILES string of the molecule is Cc1ccc(C(=O)NCC(N)C2CC2)n1C. The lowest BCUT2D eigenvalue weighted by atomic mass is 10.2. The lowest BCUT2D eigenvalue weighted by Crippen LogP contribution is -2.39. The van der Waals surface area contributed by atoms with E-state index in [4.69, 9.17) is 5.73 Å². The second kappa shape index (κ2) is 4.29. The van der Waals surface area contributed by atoms with Gasteiger partial charge in [0.25, 0.3) is 5.91 Å². The van der Waals surface area contributed by atoms with Crippen molar-refractivity contribution in [3.05, 3.63) is 23.5 Å². The molecule has 0 bridgehead atoms. The Morgan fingerprint density at radius 2 is 2.31 bits per heavy atom. The zero-order valence-electron chi connectivity index (χ0n) is 9.86. The zero-order chi connectivity index (χ0) is 11.7. The first kappa shape index (κ1) is 11.2. The first-order valence-electron chi connectivity index (χ1n) is 5.75. The molecule has 0 aromatic carbocycles. The minimum atomic E-state index is -0.0355. The standard InChI is InChI=1S/C12H19N3O/c1-8-3-6-11(15(8)2)12(16)14-7-10(13)9-4-5-9/h3,6,9-10H,4-5,7,13H2,1-2H3,(H,14,16). The molecule has 1 amide bonds. The summed E-state index contributed by atoms with van der Waals surface area (Å²) in [5, 5.41) is 2.89. The molecule has 3 N–H and O–H groups in total. The second-order valence-corrected chi connectivity index (χ2v) is 4.63. The van der Waals surface area contributed by atoms with Gasteiger partial charge in [0, 0.05) is 25.3 Å². The van der Waals surface area contributed by atoms with Crippen LogP contribution in [0.2, 0.25) is 0 Å². The molecule has 88 valence electrons. The average Bonchev–Trinajstić information content (AvgIpc) is 3.04. The number of carbonyl (C=O) groups is 1.